The van der Waals surface area contributed by atoms with Gasteiger partial charge in [0.25, 0.3) is 0 Å². The maximum atomic E-state index is 13.8. The fourth-order valence-corrected chi connectivity index (χ4v) is 5.78. The van der Waals surface area contributed by atoms with E-state index in [9.17, 15) is 4.79 Å². The normalized spacial score (nSPS) is 18.3. The average molecular weight is 476 g/mol. The molecule has 34 heavy (non-hydrogen) atoms. The van der Waals surface area contributed by atoms with E-state index >= 15 is 0 Å². The van der Waals surface area contributed by atoms with Gasteiger partial charge in [0.05, 0.1) is 6.54 Å². The molecule has 180 valence electrons. The number of benzene rings is 2. The van der Waals surface area contributed by atoms with Crippen molar-refractivity contribution in [2.45, 2.75) is 83.7 Å². The SMILES string of the molecule is CC(C)c1cccc(C(C)C)c1NC(=O)N(Cc1nccs1)C1CCC(c2ccccc2)CC1. The second-order valence-electron chi connectivity index (χ2n) is 10.0. The number of nitrogens with zero attached hydrogens (tertiary/aromatic N) is 2. The van der Waals surface area contributed by atoms with Crippen molar-refractivity contribution in [3.63, 3.8) is 0 Å². The zero-order chi connectivity index (χ0) is 24.1. The van der Waals surface area contributed by atoms with Gasteiger partial charge in [0.2, 0.25) is 0 Å². The summed E-state index contributed by atoms with van der Waals surface area (Å²) in [4.78, 5) is 20.4. The highest BCUT2D eigenvalue weighted by Crippen LogP contribution is 2.37. The zero-order valence-corrected chi connectivity index (χ0v) is 21.6. The van der Waals surface area contributed by atoms with E-state index in [-0.39, 0.29) is 12.1 Å². The molecule has 1 N–H and O–H groups in total. The van der Waals surface area contributed by atoms with Crippen LogP contribution in [0.5, 0.6) is 0 Å². The van der Waals surface area contributed by atoms with Crippen molar-refractivity contribution < 1.29 is 4.79 Å². The molecule has 0 unspecified atom stereocenters. The van der Waals surface area contributed by atoms with Crippen LogP contribution < -0.4 is 5.32 Å². The predicted molar refractivity (Wildman–Crippen MR) is 143 cm³/mol. The van der Waals surface area contributed by atoms with Crippen molar-refractivity contribution >= 4 is 23.1 Å². The monoisotopic (exact) mass is 475 g/mol. The van der Waals surface area contributed by atoms with Crippen LogP contribution in [0.1, 0.15) is 92.8 Å². The first-order valence-electron chi connectivity index (χ1n) is 12.6. The highest BCUT2D eigenvalue weighted by atomic mass is 32.1. The van der Waals surface area contributed by atoms with Gasteiger partial charge in [-0.1, -0.05) is 76.2 Å². The Balaban J connectivity index is 1.56. The zero-order valence-electron chi connectivity index (χ0n) is 20.8. The largest absolute Gasteiger partial charge is 0.322 e. The van der Waals surface area contributed by atoms with Crippen LogP contribution in [0.2, 0.25) is 0 Å². The Labute approximate surface area is 208 Å². The molecule has 1 aliphatic carbocycles. The van der Waals surface area contributed by atoms with E-state index in [0.29, 0.717) is 24.3 Å². The summed E-state index contributed by atoms with van der Waals surface area (Å²) in [6.45, 7) is 9.31. The van der Waals surface area contributed by atoms with E-state index < -0.39 is 0 Å². The van der Waals surface area contributed by atoms with E-state index in [1.165, 1.54) is 16.7 Å². The van der Waals surface area contributed by atoms with E-state index in [2.05, 4.69) is 86.5 Å². The Kier molecular flexibility index (Phi) is 8.04. The number of thiazole rings is 1. The van der Waals surface area contributed by atoms with E-state index in [4.69, 9.17) is 0 Å². The highest BCUT2D eigenvalue weighted by Gasteiger charge is 2.31. The summed E-state index contributed by atoms with van der Waals surface area (Å²) in [5.41, 5.74) is 4.80. The number of aromatic nitrogens is 1. The topological polar surface area (TPSA) is 45.2 Å². The molecule has 1 aromatic heterocycles. The van der Waals surface area contributed by atoms with E-state index in [1.54, 1.807) is 11.3 Å². The van der Waals surface area contributed by atoms with Gasteiger partial charge in [0, 0.05) is 23.3 Å². The minimum atomic E-state index is -0.00615. The van der Waals surface area contributed by atoms with Gasteiger partial charge in [-0.05, 0) is 60.1 Å². The van der Waals surface area contributed by atoms with Gasteiger partial charge >= 0.3 is 6.03 Å². The lowest BCUT2D eigenvalue weighted by Gasteiger charge is -2.37. The minimum Gasteiger partial charge on any atom is -0.315 e. The second kappa shape index (κ2) is 11.2. The number of anilines is 1. The molecular formula is C29H37N3OS. The predicted octanol–water partition coefficient (Wildman–Crippen LogP) is 8.15. The Morgan fingerprint density at radius 2 is 1.62 bits per heavy atom. The molecule has 1 aliphatic rings. The Bertz CT molecular complexity index is 1030. The number of amides is 2. The first-order chi connectivity index (χ1) is 16.4. The molecule has 0 atom stereocenters. The molecule has 1 fully saturated rings. The van der Waals surface area contributed by atoms with Gasteiger partial charge in [0.1, 0.15) is 5.01 Å². The van der Waals surface area contributed by atoms with E-state index in [0.717, 1.165) is 36.4 Å². The molecule has 0 spiro atoms. The fraction of sp³-hybridized carbons (Fsp3) is 0.448. The molecule has 0 saturated heterocycles. The molecule has 4 nitrogen and oxygen atoms in total. The Morgan fingerprint density at radius 1 is 0.971 bits per heavy atom. The lowest BCUT2D eigenvalue weighted by Crippen LogP contribution is -2.44. The molecule has 0 radical (unpaired) electrons. The van der Waals surface area contributed by atoms with Gasteiger partial charge in [0.15, 0.2) is 0 Å². The summed E-state index contributed by atoms with van der Waals surface area (Å²) in [7, 11) is 0. The van der Waals surface area contributed by atoms with Gasteiger partial charge in [-0.15, -0.1) is 11.3 Å². The first kappa shape index (κ1) is 24.5. The van der Waals surface area contributed by atoms with Crippen LogP contribution in [0.15, 0.2) is 60.1 Å². The molecule has 0 bridgehead atoms. The average Bonchev–Trinajstić information content (AvgIpc) is 3.36. The number of rotatable bonds is 7. The number of hydrogen-bond donors (Lipinski definition) is 1. The highest BCUT2D eigenvalue weighted by molar-refractivity contribution is 7.09. The van der Waals surface area contributed by atoms with Gasteiger partial charge in [-0.25, -0.2) is 9.78 Å². The molecule has 5 heteroatoms. The van der Waals surface area contributed by atoms with Crippen LogP contribution in [0, 0.1) is 0 Å². The molecule has 1 saturated carbocycles. The van der Waals surface area contributed by atoms with Crippen molar-refractivity contribution in [1.29, 1.82) is 0 Å². The third-order valence-electron chi connectivity index (χ3n) is 7.06. The van der Waals surface area contributed by atoms with Crippen molar-refractivity contribution in [2.24, 2.45) is 0 Å². The van der Waals surface area contributed by atoms with Crippen LogP contribution in [0.4, 0.5) is 10.5 Å². The molecule has 2 aromatic carbocycles. The standard InChI is InChI=1S/C29H37N3OS/c1-20(2)25-11-8-12-26(21(3)4)28(25)31-29(33)32(19-27-30-17-18-34-27)24-15-13-23(14-16-24)22-9-6-5-7-10-22/h5-12,17-18,20-21,23-24H,13-16,19H2,1-4H3,(H,31,33). The summed E-state index contributed by atoms with van der Waals surface area (Å²) < 4.78 is 0. The lowest BCUT2D eigenvalue weighted by atomic mass is 9.81. The second-order valence-corrected chi connectivity index (χ2v) is 11.0. The molecule has 0 aliphatic heterocycles. The third kappa shape index (κ3) is 5.69. The molecule has 1 heterocycles. The number of nitrogens with one attached hydrogen (secondary N) is 1. The van der Waals surface area contributed by atoms with Crippen LogP contribution in [0.25, 0.3) is 0 Å². The summed E-state index contributed by atoms with van der Waals surface area (Å²) >= 11 is 1.62. The summed E-state index contributed by atoms with van der Waals surface area (Å²) in [5.74, 6) is 1.25. The van der Waals surface area contributed by atoms with Crippen molar-refractivity contribution in [1.82, 2.24) is 9.88 Å². The maximum Gasteiger partial charge on any atom is 0.322 e. The van der Waals surface area contributed by atoms with Crippen LogP contribution in [0.3, 0.4) is 0 Å². The smallest absolute Gasteiger partial charge is 0.315 e. The minimum absolute atomic E-state index is 0.00615. The molecule has 2 amide bonds. The van der Waals surface area contributed by atoms with Gasteiger partial charge < -0.3 is 10.2 Å². The third-order valence-corrected chi connectivity index (χ3v) is 7.83. The fourth-order valence-electron chi connectivity index (χ4n) is 5.16. The van der Waals surface area contributed by atoms with Crippen LogP contribution in [-0.2, 0) is 6.54 Å². The van der Waals surface area contributed by atoms with Crippen LogP contribution in [-0.4, -0.2) is 22.0 Å². The first-order valence-corrected chi connectivity index (χ1v) is 13.5. The Hall–Kier alpha value is -2.66. The van der Waals surface area contributed by atoms with Gasteiger partial charge in [-0.2, -0.15) is 0 Å². The molecule has 4 rings (SSSR count). The number of carbonyl (C=O) groups excluding carboxylic acids is 1. The molecular weight excluding hydrogens is 438 g/mol. The maximum absolute atomic E-state index is 13.8. The Morgan fingerprint density at radius 3 is 2.18 bits per heavy atom. The number of para-hydroxylation sites is 1. The van der Waals surface area contributed by atoms with Crippen molar-refractivity contribution in [3.05, 3.63) is 81.8 Å². The number of carbonyl (C=O) groups is 1. The lowest BCUT2D eigenvalue weighted by molar-refractivity contribution is 0.158. The van der Waals surface area contributed by atoms with Crippen LogP contribution >= 0.6 is 11.3 Å². The summed E-state index contributed by atoms with van der Waals surface area (Å²) in [6, 6.07) is 17.4. The molecule has 3 aromatic rings. The summed E-state index contributed by atoms with van der Waals surface area (Å²) in [6.07, 6.45) is 6.07. The summed E-state index contributed by atoms with van der Waals surface area (Å²) in [5, 5.41) is 6.33. The van der Waals surface area contributed by atoms with Gasteiger partial charge in [-0.3, -0.25) is 0 Å². The van der Waals surface area contributed by atoms with E-state index in [1.807, 2.05) is 16.5 Å². The number of hydrogen-bond acceptors (Lipinski definition) is 3. The van der Waals surface area contributed by atoms with Crippen molar-refractivity contribution in [3.8, 4) is 0 Å². The quantitative estimate of drug-likeness (QED) is 0.375. The number of urea groups is 1. The van der Waals surface area contributed by atoms with Crippen molar-refractivity contribution in [2.75, 3.05) is 5.32 Å².